The average molecular weight is 481 g/mol. The van der Waals surface area contributed by atoms with Crippen LogP contribution in [-0.4, -0.2) is 38.1 Å². The first-order valence-corrected chi connectivity index (χ1v) is 11.3. The predicted molar refractivity (Wildman–Crippen MR) is 123 cm³/mol. The van der Waals surface area contributed by atoms with Crippen molar-refractivity contribution in [1.29, 1.82) is 0 Å². The van der Waals surface area contributed by atoms with Crippen molar-refractivity contribution >= 4 is 23.2 Å². The molecule has 180 valence electrons. The molecule has 1 fully saturated rings. The molecule has 1 saturated carbocycles. The summed E-state index contributed by atoms with van der Waals surface area (Å²) in [5, 5.41) is 4.30. The minimum absolute atomic E-state index is 0.0518. The van der Waals surface area contributed by atoms with Gasteiger partial charge in [0.15, 0.2) is 11.6 Å². The van der Waals surface area contributed by atoms with E-state index < -0.39 is 17.6 Å². The Morgan fingerprint density at radius 1 is 1.11 bits per heavy atom. The number of carbonyl (C=O) groups is 2. The number of primary amides is 1. The van der Waals surface area contributed by atoms with Gasteiger partial charge in [0.1, 0.15) is 11.5 Å². The van der Waals surface area contributed by atoms with Crippen LogP contribution >= 0.6 is 0 Å². The third-order valence-electron chi connectivity index (χ3n) is 6.52. The highest BCUT2D eigenvalue weighted by Crippen LogP contribution is 2.41. The molecular formula is C25H22F3N5O2. The standard InChI is InChI=1S/C25H22F3N5O2/c26-16-2-3-19(14-1-4-21(23(29)35)30-12-14)15(9-16)10-17-11-22(34)20-13-31-33(24(20)32-17)18-5-7-25(27,28)8-6-18/h1-4,9,12-13,18H,5-8,10-11H2,(H2,29,35). The number of benzene rings is 1. The van der Waals surface area contributed by atoms with E-state index in [0.29, 0.717) is 33.8 Å². The number of rotatable bonds is 5. The highest BCUT2D eigenvalue weighted by molar-refractivity contribution is 6.15. The first-order chi connectivity index (χ1) is 16.7. The highest BCUT2D eigenvalue weighted by atomic mass is 19.3. The van der Waals surface area contributed by atoms with Crippen LogP contribution in [0, 0.1) is 5.82 Å². The van der Waals surface area contributed by atoms with E-state index in [2.05, 4.69) is 15.1 Å². The molecule has 0 radical (unpaired) electrons. The maximum absolute atomic E-state index is 14.2. The van der Waals surface area contributed by atoms with Gasteiger partial charge in [-0.1, -0.05) is 12.1 Å². The zero-order chi connectivity index (χ0) is 24.7. The first kappa shape index (κ1) is 22.9. The van der Waals surface area contributed by atoms with Crippen LogP contribution in [0.4, 0.5) is 19.0 Å². The largest absolute Gasteiger partial charge is 0.364 e. The number of carbonyl (C=O) groups excluding carboxylic acids is 2. The summed E-state index contributed by atoms with van der Waals surface area (Å²) in [5.74, 6) is -3.56. The molecule has 1 aliphatic heterocycles. The van der Waals surface area contributed by atoms with Crippen molar-refractivity contribution in [3.63, 3.8) is 0 Å². The van der Waals surface area contributed by atoms with Gasteiger partial charge >= 0.3 is 0 Å². The number of fused-ring (bicyclic) bond motifs is 1. The molecule has 1 aromatic carbocycles. The minimum Gasteiger partial charge on any atom is -0.364 e. The number of pyridine rings is 1. The second-order valence-corrected chi connectivity index (χ2v) is 8.97. The monoisotopic (exact) mass is 481 g/mol. The summed E-state index contributed by atoms with van der Waals surface area (Å²) < 4.78 is 43.0. The van der Waals surface area contributed by atoms with Crippen molar-refractivity contribution in [3.05, 3.63) is 65.4 Å². The third-order valence-corrected chi connectivity index (χ3v) is 6.52. The Hall–Kier alpha value is -3.82. The smallest absolute Gasteiger partial charge is 0.267 e. The van der Waals surface area contributed by atoms with Crippen molar-refractivity contribution in [2.24, 2.45) is 10.7 Å². The normalized spacial score (nSPS) is 17.7. The number of nitrogens with zero attached hydrogens (tertiary/aromatic N) is 4. The molecule has 7 nitrogen and oxygen atoms in total. The zero-order valence-electron chi connectivity index (χ0n) is 18.7. The van der Waals surface area contributed by atoms with E-state index >= 15 is 0 Å². The lowest BCUT2D eigenvalue weighted by atomic mass is 9.92. The fourth-order valence-electron chi connectivity index (χ4n) is 4.68. The summed E-state index contributed by atoms with van der Waals surface area (Å²) in [4.78, 5) is 32.9. The lowest BCUT2D eigenvalue weighted by Crippen LogP contribution is -2.27. The predicted octanol–water partition coefficient (Wildman–Crippen LogP) is 4.84. The zero-order valence-corrected chi connectivity index (χ0v) is 18.7. The van der Waals surface area contributed by atoms with Crippen LogP contribution < -0.4 is 5.73 Å². The average Bonchev–Trinajstić information content (AvgIpc) is 3.24. The fraction of sp³-hybridized carbons (Fsp3) is 0.320. The van der Waals surface area contributed by atoms with Crippen molar-refractivity contribution in [3.8, 4) is 11.1 Å². The van der Waals surface area contributed by atoms with E-state index in [9.17, 15) is 22.8 Å². The Bertz CT molecular complexity index is 1340. The molecule has 5 rings (SSSR count). The minimum atomic E-state index is -2.67. The number of ketones is 1. The Kier molecular flexibility index (Phi) is 5.74. The summed E-state index contributed by atoms with van der Waals surface area (Å²) >= 11 is 0. The maximum Gasteiger partial charge on any atom is 0.267 e. The second-order valence-electron chi connectivity index (χ2n) is 8.97. The highest BCUT2D eigenvalue weighted by Gasteiger charge is 2.37. The lowest BCUT2D eigenvalue weighted by Gasteiger charge is -2.29. The Morgan fingerprint density at radius 2 is 1.89 bits per heavy atom. The molecule has 2 aliphatic rings. The summed E-state index contributed by atoms with van der Waals surface area (Å²) in [5.41, 5.74) is 8.19. The molecule has 0 atom stereocenters. The van der Waals surface area contributed by atoms with Gasteiger partial charge in [0.2, 0.25) is 5.92 Å². The molecule has 0 bridgehead atoms. The number of aliphatic imine (C=N–C) groups is 1. The molecule has 3 heterocycles. The fourth-order valence-corrected chi connectivity index (χ4v) is 4.68. The van der Waals surface area contributed by atoms with Crippen LogP contribution in [0.1, 0.15) is 64.6 Å². The number of nitrogens with two attached hydrogens (primary N) is 1. The molecule has 0 saturated heterocycles. The van der Waals surface area contributed by atoms with Gasteiger partial charge in [0.25, 0.3) is 5.91 Å². The van der Waals surface area contributed by atoms with Crippen molar-refractivity contribution in [1.82, 2.24) is 14.8 Å². The lowest BCUT2D eigenvalue weighted by molar-refractivity contribution is -0.0448. The quantitative estimate of drug-likeness (QED) is 0.563. The number of hydrogen-bond donors (Lipinski definition) is 1. The maximum atomic E-state index is 14.2. The Morgan fingerprint density at radius 3 is 2.57 bits per heavy atom. The van der Waals surface area contributed by atoms with Crippen LogP contribution in [-0.2, 0) is 6.42 Å². The van der Waals surface area contributed by atoms with Gasteiger partial charge in [-0.15, -0.1) is 0 Å². The Labute approximate surface area is 198 Å². The molecular weight excluding hydrogens is 459 g/mol. The first-order valence-electron chi connectivity index (χ1n) is 11.3. The third kappa shape index (κ3) is 4.60. The number of amides is 1. The summed E-state index contributed by atoms with van der Waals surface area (Å²) in [7, 11) is 0. The van der Waals surface area contributed by atoms with Gasteiger partial charge in [-0.05, 0) is 42.2 Å². The van der Waals surface area contributed by atoms with Gasteiger partial charge < -0.3 is 5.73 Å². The van der Waals surface area contributed by atoms with Crippen molar-refractivity contribution in [2.45, 2.75) is 50.5 Å². The summed E-state index contributed by atoms with van der Waals surface area (Å²) in [6, 6.07) is 7.21. The van der Waals surface area contributed by atoms with E-state index in [1.165, 1.54) is 30.6 Å². The van der Waals surface area contributed by atoms with Crippen molar-refractivity contribution in [2.75, 3.05) is 0 Å². The van der Waals surface area contributed by atoms with Crippen molar-refractivity contribution < 1.29 is 22.8 Å². The van der Waals surface area contributed by atoms with Crippen LogP contribution in [0.5, 0.6) is 0 Å². The van der Waals surface area contributed by atoms with Crippen LogP contribution in [0.3, 0.4) is 0 Å². The summed E-state index contributed by atoms with van der Waals surface area (Å²) in [6.07, 6.45) is 3.23. The van der Waals surface area contributed by atoms with E-state index in [4.69, 9.17) is 5.73 Å². The molecule has 3 aromatic rings. The van der Waals surface area contributed by atoms with Crippen LogP contribution in [0.25, 0.3) is 11.1 Å². The van der Waals surface area contributed by atoms with E-state index in [1.54, 1.807) is 16.8 Å². The number of aromatic nitrogens is 3. The molecule has 1 amide bonds. The molecule has 10 heteroatoms. The molecule has 2 aromatic heterocycles. The Balaban J connectivity index is 1.46. The molecule has 0 unspecified atom stereocenters. The second kappa shape index (κ2) is 8.75. The molecule has 35 heavy (non-hydrogen) atoms. The molecule has 2 N–H and O–H groups in total. The SMILES string of the molecule is NC(=O)c1ccc(-c2ccc(F)cc2CC2=Nc3c(cnn3C3CCC(F)(F)CC3)C(=O)C2)cn1. The van der Waals surface area contributed by atoms with E-state index in [-0.39, 0.29) is 56.0 Å². The topological polar surface area (TPSA) is 103 Å². The van der Waals surface area contributed by atoms with E-state index in [0.717, 1.165) is 0 Å². The van der Waals surface area contributed by atoms with Gasteiger partial charge in [0, 0.05) is 36.7 Å². The van der Waals surface area contributed by atoms with Crippen LogP contribution in [0.15, 0.2) is 47.7 Å². The number of Topliss-reactive ketones (excluding diaryl/α,β-unsaturated/α-hetero) is 1. The molecule has 1 aliphatic carbocycles. The van der Waals surface area contributed by atoms with Gasteiger partial charge in [-0.3, -0.25) is 14.6 Å². The number of halogens is 3. The van der Waals surface area contributed by atoms with Gasteiger partial charge in [-0.2, -0.15) is 5.10 Å². The number of hydrogen-bond acceptors (Lipinski definition) is 5. The number of alkyl halides is 2. The van der Waals surface area contributed by atoms with Gasteiger partial charge in [0.05, 0.1) is 24.2 Å². The van der Waals surface area contributed by atoms with Gasteiger partial charge in [-0.25, -0.2) is 22.8 Å². The van der Waals surface area contributed by atoms with Crippen LogP contribution in [0.2, 0.25) is 0 Å². The molecule has 0 spiro atoms. The van der Waals surface area contributed by atoms with E-state index in [1.807, 2.05) is 0 Å². The summed E-state index contributed by atoms with van der Waals surface area (Å²) in [6.45, 7) is 0.